The van der Waals surface area contributed by atoms with Gasteiger partial charge in [0.15, 0.2) is 0 Å². The third-order valence-corrected chi connectivity index (χ3v) is 6.07. The van der Waals surface area contributed by atoms with Crippen LogP contribution in [0, 0.1) is 5.82 Å². The Labute approximate surface area is 216 Å². The fourth-order valence-corrected chi connectivity index (χ4v) is 4.19. The van der Waals surface area contributed by atoms with Crippen molar-refractivity contribution in [2.24, 2.45) is 0 Å². The van der Waals surface area contributed by atoms with Crippen molar-refractivity contribution < 1.29 is 4.39 Å². The molecule has 0 aliphatic carbocycles. The second-order valence-corrected chi connectivity index (χ2v) is 9.14. The lowest BCUT2D eigenvalue weighted by Gasteiger charge is -2.12. The minimum Gasteiger partial charge on any atom is -0.383 e. The molecule has 5 nitrogen and oxygen atoms in total. The predicted molar refractivity (Wildman–Crippen MR) is 152 cm³/mol. The van der Waals surface area contributed by atoms with Gasteiger partial charge in [-0.25, -0.2) is 9.37 Å². The summed E-state index contributed by atoms with van der Waals surface area (Å²) in [6.07, 6.45) is 11.7. The zero-order valence-corrected chi connectivity index (χ0v) is 21.7. The Bertz CT molecular complexity index is 1650. The first-order chi connectivity index (χ1) is 17.8. The molecule has 0 fully saturated rings. The molecule has 4 rings (SSSR count). The first-order valence-corrected chi connectivity index (χ1v) is 12.2. The van der Waals surface area contributed by atoms with Gasteiger partial charge in [0.25, 0.3) is 0 Å². The molecule has 0 aliphatic rings. The average Bonchev–Trinajstić information content (AvgIpc) is 3.47. The van der Waals surface area contributed by atoms with E-state index in [0.29, 0.717) is 17.4 Å². The quantitative estimate of drug-likeness (QED) is 0.267. The highest BCUT2D eigenvalue weighted by molar-refractivity contribution is 5.95. The van der Waals surface area contributed by atoms with Crippen LogP contribution in [-0.4, -0.2) is 26.2 Å². The van der Waals surface area contributed by atoms with Crippen molar-refractivity contribution >= 4 is 23.7 Å². The lowest BCUT2D eigenvalue weighted by atomic mass is 10.0. The highest BCUT2D eigenvalue weighted by Crippen LogP contribution is 2.30. The fourth-order valence-electron chi connectivity index (χ4n) is 4.19. The number of rotatable bonds is 8. The Morgan fingerprint density at radius 3 is 2.70 bits per heavy atom. The van der Waals surface area contributed by atoms with E-state index in [9.17, 15) is 4.39 Å². The van der Waals surface area contributed by atoms with Gasteiger partial charge in [-0.2, -0.15) is 5.10 Å². The lowest BCUT2D eigenvalue weighted by Crippen LogP contribution is -2.21. The van der Waals surface area contributed by atoms with Crippen molar-refractivity contribution in [2.75, 3.05) is 0 Å². The third kappa shape index (κ3) is 5.70. The molecule has 1 aromatic carbocycles. The number of benzene rings is 1. The monoisotopic (exact) mass is 493 g/mol. The van der Waals surface area contributed by atoms with Crippen LogP contribution in [0.25, 0.3) is 46.2 Å². The molecular formula is C31H32FN5. The third-order valence-electron chi connectivity index (χ3n) is 6.07. The number of allylic oxidation sites excluding steroid dienone is 6. The van der Waals surface area contributed by atoms with Crippen molar-refractivity contribution in [3.05, 3.63) is 107 Å². The first-order valence-electron chi connectivity index (χ1n) is 12.2. The van der Waals surface area contributed by atoms with Crippen LogP contribution in [0.5, 0.6) is 0 Å². The molecular weight excluding hydrogens is 461 g/mol. The second-order valence-electron chi connectivity index (χ2n) is 9.14. The number of halogens is 1. The Hall–Kier alpha value is -4.45. The van der Waals surface area contributed by atoms with Gasteiger partial charge >= 0.3 is 0 Å². The van der Waals surface area contributed by atoms with Crippen molar-refractivity contribution in [3.63, 3.8) is 0 Å². The number of hydrogen-bond donors (Lipinski definition) is 3. The molecule has 0 saturated carbocycles. The summed E-state index contributed by atoms with van der Waals surface area (Å²) in [5.74, 6) is -0.275. The maximum atomic E-state index is 13.8. The van der Waals surface area contributed by atoms with E-state index < -0.39 is 0 Å². The molecule has 0 amide bonds. The van der Waals surface area contributed by atoms with Gasteiger partial charge in [0.05, 0.1) is 11.0 Å². The van der Waals surface area contributed by atoms with E-state index in [1.165, 1.54) is 12.1 Å². The van der Waals surface area contributed by atoms with Crippen LogP contribution in [0.3, 0.4) is 0 Å². The summed E-state index contributed by atoms with van der Waals surface area (Å²) >= 11 is 0. The molecule has 188 valence electrons. The standard InChI is InChI=1S/C31H32FN5/c1-7-22(17-25(8-2)34-19(3)4)20(5)12-13-28-21(6)30(37-36-28)29-18-27-26(14-15-33-31(27)35-29)23-10-9-11-24(32)16-23/h7-19,34,36H,2,6H2,1,3-5H3,(H,33,35)/b20-12+,22-7+,25-17+,28-13+. The van der Waals surface area contributed by atoms with Gasteiger partial charge in [0.1, 0.15) is 17.2 Å². The molecule has 0 spiro atoms. The number of pyridine rings is 1. The van der Waals surface area contributed by atoms with E-state index in [1.807, 2.05) is 43.4 Å². The molecule has 4 aromatic rings. The molecule has 0 radical (unpaired) electrons. The Morgan fingerprint density at radius 1 is 1.19 bits per heavy atom. The van der Waals surface area contributed by atoms with Crippen LogP contribution in [-0.2, 0) is 0 Å². The Balaban J connectivity index is 1.68. The van der Waals surface area contributed by atoms with E-state index in [0.717, 1.165) is 49.6 Å². The molecule has 3 heterocycles. The van der Waals surface area contributed by atoms with E-state index >= 15 is 0 Å². The van der Waals surface area contributed by atoms with Gasteiger partial charge in [0, 0.05) is 28.5 Å². The minimum atomic E-state index is -0.275. The Morgan fingerprint density at radius 2 is 2.00 bits per heavy atom. The summed E-state index contributed by atoms with van der Waals surface area (Å²) in [6.45, 7) is 16.4. The largest absolute Gasteiger partial charge is 0.383 e. The highest BCUT2D eigenvalue weighted by atomic mass is 19.1. The molecule has 0 unspecified atom stereocenters. The van der Waals surface area contributed by atoms with Gasteiger partial charge in [-0.05, 0) is 92.5 Å². The van der Waals surface area contributed by atoms with E-state index in [2.05, 4.69) is 71.6 Å². The Kier molecular flexibility index (Phi) is 7.68. The summed E-state index contributed by atoms with van der Waals surface area (Å²) < 4.78 is 13.8. The maximum absolute atomic E-state index is 13.8. The lowest BCUT2D eigenvalue weighted by molar-refractivity contribution is 0.628. The second kappa shape index (κ2) is 11.1. The first kappa shape index (κ1) is 25.6. The average molecular weight is 494 g/mol. The SMILES string of the molecule is C=C\C(=C/C(=C\C)C(/C)=C/C=c1/[nH]nc(-c2cc3c(-c4cccc(F)c4)ccnc3[nH]2)c1=C)NC(C)C. The molecule has 3 aromatic heterocycles. The van der Waals surface area contributed by atoms with Gasteiger partial charge in [-0.1, -0.05) is 37.4 Å². The molecule has 6 heteroatoms. The van der Waals surface area contributed by atoms with E-state index in [1.54, 1.807) is 12.3 Å². The van der Waals surface area contributed by atoms with Crippen molar-refractivity contribution in [3.8, 4) is 22.5 Å². The van der Waals surface area contributed by atoms with Crippen molar-refractivity contribution in [1.29, 1.82) is 0 Å². The van der Waals surface area contributed by atoms with Crippen LogP contribution in [0.2, 0.25) is 0 Å². The van der Waals surface area contributed by atoms with Crippen molar-refractivity contribution in [2.45, 2.75) is 33.7 Å². The molecule has 0 bridgehead atoms. The smallest absolute Gasteiger partial charge is 0.138 e. The maximum Gasteiger partial charge on any atom is 0.138 e. The van der Waals surface area contributed by atoms with Crippen LogP contribution in [0.1, 0.15) is 27.7 Å². The summed E-state index contributed by atoms with van der Waals surface area (Å²) in [7, 11) is 0. The number of nitrogens with one attached hydrogen (secondary N) is 3. The van der Waals surface area contributed by atoms with E-state index in [-0.39, 0.29) is 5.82 Å². The highest BCUT2D eigenvalue weighted by Gasteiger charge is 2.12. The number of nitrogens with zero attached hydrogens (tertiary/aromatic N) is 2. The molecule has 3 N–H and O–H groups in total. The fraction of sp³-hybridized carbons (Fsp3) is 0.161. The van der Waals surface area contributed by atoms with Crippen LogP contribution < -0.4 is 15.9 Å². The molecule has 0 atom stereocenters. The van der Waals surface area contributed by atoms with Crippen LogP contribution in [0.15, 0.2) is 90.3 Å². The van der Waals surface area contributed by atoms with E-state index in [4.69, 9.17) is 0 Å². The summed E-state index contributed by atoms with van der Waals surface area (Å²) in [6, 6.07) is 10.7. The number of aromatic amines is 2. The molecule has 0 saturated heterocycles. The predicted octanol–water partition coefficient (Wildman–Crippen LogP) is 5.91. The zero-order chi connectivity index (χ0) is 26.5. The van der Waals surface area contributed by atoms with Gasteiger partial charge < -0.3 is 10.3 Å². The number of H-pyrrole nitrogens is 2. The topological polar surface area (TPSA) is 69.4 Å². The van der Waals surface area contributed by atoms with Crippen LogP contribution >= 0.6 is 0 Å². The van der Waals surface area contributed by atoms with Gasteiger partial charge in [-0.3, -0.25) is 5.10 Å². The number of fused-ring (bicyclic) bond motifs is 1. The summed E-state index contributed by atoms with van der Waals surface area (Å²) in [5.41, 5.74) is 7.06. The minimum absolute atomic E-state index is 0.275. The summed E-state index contributed by atoms with van der Waals surface area (Å²) in [5, 5.41) is 13.5. The van der Waals surface area contributed by atoms with Gasteiger partial charge in [-0.15, -0.1) is 0 Å². The number of hydrogen-bond acceptors (Lipinski definition) is 3. The molecule has 37 heavy (non-hydrogen) atoms. The zero-order valence-electron chi connectivity index (χ0n) is 21.7. The van der Waals surface area contributed by atoms with Crippen molar-refractivity contribution in [1.82, 2.24) is 25.5 Å². The van der Waals surface area contributed by atoms with Gasteiger partial charge in [0.2, 0.25) is 0 Å². The number of aromatic nitrogens is 4. The van der Waals surface area contributed by atoms with Crippen LogP contribution in [0.4, 0.5) is 4.39 Å². The summed E-state index contributed by atoms with van der Waals surface area (Å²) in [4.78, 5) is 7.80. The molecule has 0 aliphatic heterocycles. The normalized spacial score (nSPS) is 13.6.